The van der Waals surface area contributed by atoms with Crippen molar-refractivity contribution in [3.8, 4) is 0 Å². The van der Waals surface area contributed by atoms with E-state index in [4.69, 9.17) is 20.9 Å². The van der Waals surface area contributed by atoms with Gasteiger partial charge in [0.05, 0.1) is 12.2 Å². The summed E-state index contributed by atoms with van der Waals surface area (Å²) in [6, 6.07) is 15.9. The number of nitrogen functional groups attached to an aromatic ring is 2. The first-order valence-electron chi connectivity index (χ1n) is 8.67. The number of hydrogen-bond acceptors (Lipinski definition) is 4. The molecule has 0 spiro atoms. The monoisotopic (exact) mass is 326 g/mol. The Morgan fingerprint density at radius 2 is 1.08 bits per heavy atom. The predicted molar refractivity (Wildman–Crippen MR) is 97.6 cm³/mol. The Kier molecular flexibility index (Phi) is 5.72. The van der Waals surface area contributed by atoms with E-state index in [1.165, 1.54) is 0 Å². The zero-order chi connectivity index (χ0) is 16.8. The minimum atomic E-state index is 0.242. The van der Waals surface area contributed by atoms with Crippen molar-refractivity contribution in [2.24, 2.45) is 0 Å². The van der Waals surface area contributed by atoms with Gasteiger partial charge in [-0.1, -0.05) is 36.4 Å². The molecule has 2 aromatic carbocycles. The zero-order valence-corrected chi connectivity index (χ0v) is 14.0. The fourth-order valence-corrected chi connectivity index (χ4v) is 3.25. The Hall–Kier alpha value is -2.04. The van der Waals surface area contributed by atoms with Gasteiger partial charge in [-0.3, -0.25) is 0 Å². The average Bonchev–Trinajstić information content (AvgIpc) is 3.30. The van der Waals surface area contributed by atoms with Crippen LogP contribution in [-0.2, 0) is 9.47 Å². The van der Waals surface area contributed by atoms with E-state index in [0.29, 0.717) is 0 Å². The topological polar surface area (TPSA) is 70.5 Å². The van der Waals surface area contributed by atoms with Gasteiger partial charge in [-0.25, -0.2) is 0 Å². The lowest BCUT2D eigenvalue weighted by atomic mass is 10.1. The molecule has 0 bridgehead atoms. The molecule has 0 saturated carbocycles. The molecule has 2 atom stereocenters. The van der Waals surface area contributed by atoms with Crippen molar-refractivity contribution in [2.75, 3.05) is 24.7 Å². The van der Waals surface area contributed by atoms with E-state index in [2.05, 4.69) is 0 Å². The van der Waals surface area contributed by atoms with Gasteiger partial charge in [0, 0.05) is 35.7 Å². The largest absolute Gasteiger partial charge is 0.398 e. The minimum Gasteiger partial charge on any atom is -0.398 e. The maximum atomic E-state index is 5.82. The summed E-state index contributed by atoms with van der Waals surface area (Å²) in [4.78, 5) is 0. The van der Waals surface area contributed by atoms with Crippen molar-refractivity contribution < 1.29 is 9.47 Å². The summed E-state index contributed by atoms with van der Waals surface area (Å²) in [6.07, 6.45) is 5.00. The van der Waals surface area contributed by atoms with Gasteiger partial charge >= 0.3 is 0 Å². The van der Waals surface area contributed by atoms with Gasteiger partial charge in [-0.15, -0.1) is 0 Å². The fraction of sp³-hybridized carbons (Fsp3) is 0.400. The van der Waals surface area contributed by atoms with E-state index in [9.17, 15) is 0 Å². The van der Waals surface area contributed by atoms with E-state index in [-0.39, 0.29) is 12.2 Å². The number of benzene rings is 2. The van der Waals surface area contributed by atoms with Gasteiger partial charge in [0.25, 0.3) is 0 Å². The van der Waals surface area contributed by atoms with Crippen molar-refractivity contribution in [1.29, 1.82) is 0 Å². The third-order valence-electron chi connectivity index (χ3n) is 4.55. The highest BCUT2D eigenvalue weighted by Gasteiger charge is 2.19. The van der Waals surface area contributed by atoms with Crippen molar-refractivity contribution >= 4 is 11.4 Å². The van der Waals surface area contributed by atoms with Crippen LogP contribution < -0.4 is 11.5 Å². The number of anilines is 2. The fourth-order valence-electron chi connectivity index (χ4n) is 3.25. The molecule has 0 aliphatic carbocycles. The van der Waals surface area contributed by atoms with Crippen molar-refractivity contribution in [1.82, 2.24) is 0 Å². The lowest BCUT2D eigenvalue weighted by Gasteiger charge is -2.11. The summed E-state index contributed by atoms with van der Waals surface area (Å²) in [5.41, 5.74) is 15.6. The van der Waals surface area contributed by atoms with Crippen molar-refractivity contribution in [3.63, 3.8) is 0 Å². The standard InChI is InChI=1S/2C10H13NO/c2*11-9-5-2-1-4-8(9)10-6-3-7-12-10/h2*1-2,4-5,10H,3,6-7,11H2/t10-;/m1./s1. The molecule has 24 heavy (non-hydrogen) atoms. The Morgan fingerprint density at radius 1 is 0.667 bits per heavy atom. The summed E-state index contributed by atoms with van der Waals surface area (Å²) in [7, 11) is 0. The van der Waals surface area contributed by atoms with Crippen LogP contribution in [0.25, 0.3) is 0 Å². The van der Waals surface area contributed by atoms with Crippen LogP contribution in [0.5, 0.6) is 0 Å². The number of nitrogens with two attached hydrogens (primary N) is 2. The summed E-state index contributed by atoms with van der Waals surface area (Å²) >= 11 is 0. The molecule has 0 amide bonds. The normalized spacial score (nSPS) is 22.8. The molecule has 2 aromatic rings. The van der Waals surface area contributed by atoms with E-state index in [1.807, 2.05) is 48.5 Å². The first-order valence-corrected chi connectivity index (χ1v) is 8.67. The third kappa shape index (κ3) is 4.08. The smallest absolute Gasteiger partial charge is 0.0845 e. The van der Waals surface area contributed by atoms with Gasteiger partial charge in [-0.2, -0.15) is 0 Å². The molecule has 2 fully saturated rings. The third-order valence-corrected chi connectivity index (χ3v) is 4.55. The van der Waals surface area contributed by atoms with Crippen LogP contribution in [0.4, 0.5) is 11.4 Å². The van der Waals surface area contributed by atoms with Gasteiger partial charge in [0.1, 0.15) is 0 Å². The van der Waals surface area contributed by atoms with Crippen LogP contribution in [-0.4, -0.2) is 13.2 Å². The number of rotatable bonds is 2. The summed E-state index contributed by atoms with van der Waals surface area (Å²) in [5, 5.41) is 0. The summed E-state index contributed by atoms with van der Waals surface area (Å²) in [5.74, 6) is 0. The summed E-state index contributed by atoms with van der Waals surface area (Å²) < 4.78 is 11.1. The van der Waals surface area contributed by atoms with E-state index in [1.54, 1.807) is 0 Å². The molecule has 4 N–H and O–H groups in total. The molecule has 2 heterocycles. The number of ether oxygens (including phenoxy) is 2. The number of para-hydroxylation sites is 2. The SMILES string of the molecule is Nc1ccccc1C1CCCO1.Nc1ccccc1[C@H]1CCCO1. The van der Waals surface area contributed by atoms with Gasteiger partial charge in [0.2, 0.25) is 0 Å². The van der Waals surface area contributed by atoms with Crippen molar-refractivity contribution in [2.45, 2.75) is 37.9 Å². The first-order chi connectivity index (χ1) is 11.8. The van der Waals surface area contributed by atoms with Crippen LogP contribution in [0.15, 0.2) is 48.5 Å². The second-order valence-electron chi connectivity index (χ2n) is 6.26. The van der Waals surface area contributed by atoms with E-state index in [0.717, 1.165) is 61.4 Å². The molecule has 2 saturated heterocycles. The molecule has 0 aromatic heterocycles. The summed E-state index contributed by atoms with van der Waals surface area (Å²) in [6.45, 7) is 1.75. The van der Waals surface area contributed by atoms with Gasteiger partial charge in [0.15, 0.2) is 0 Å². The van der Waals surface area contributed by atoms with Crippen LogP contribution in [0.1, 0.15) is 49.0 Å². The Bertz CT molecular complexity index is 590. The van der Waals surface area contributed by atoms with Crippen molar-refractivity contribution in [3.05, 3.63) is 59.7 Å². The highest BCUT2D eigenvalue weighted by atomic mass is 16.5. The zero-order valence-electron chi connectivity index (χ0n) is 14.0. The lowest BCUT2D eigenvalue weighted by molar-refractivity contribution is 0.112. The molecular formula is C20H26N2O2. The molecule has 4 heteroatoms. The minimum absolute atomic E-state index is 0.242. The van der Waals surface area contributed by atoms with E-state index >= 15 is 0 Å². The Labute approximate surface area is 143 Å². The maximum absolute atomic E-state index is 5.82. The lowest BCUT2D eigenvalue weighted by Crippen LogP contribution is -2.00. The first kappa shape index (κ1) is 16.8. The molecule has 2 aliphatic heterocycles. The average molecular weight is 326 g/mol. The molecular weight excluding hydrogens is 300 g/mol. The quantitative estimate of drug-likeness (QED) is 0.810. The Morgan fingerprint density at radius 3 is 1.42 bits per heavy atom. The second kappa shape index (κ2) is 8.18. The van der Waals surface area contributed by atoms with Gasteiger partial charge in [-0.05, 0) is 37.8 Å². The highest BCUT2D eigenvalue weighted by Crippen LogP contribution is 2.32. The molecule has 0 radical (unpaired) electrons. The maximum Gasteiger partial charge on any atom is 0.0845 e. The molecule has 4 nitrogen and oxygen atoms in total. The van der Waals surface area contributed by atoms with Crippen LogP contribution >= 0.6 is 0 Å². The number of hydrogen-bond donors (Lipinski definition) is 2. The van der Waals surface area contributed by atoms with Crippen LogP contribution in [0, 0.1) is 0 Å². The Balaban J connectivity index is 0.000000141. The second-order valence-corrected chi connectivity index (χ2v) is 6.26. The van der Waals surface area contributed by atoms with Crippen LogP contribution in [0.3, 0.4) is 0 Å². The molecule has 128 valence electrons. The molecule has 2 aliphatic rings. The molecule has 4 rings (SSSR count). The van der Waals surface area contributed by atoms with Crippen LogP contribution in [0.2, 0.25) is 0 Å². The predicted octanol–water partition coefficient (Wildman–Crippen LogP) is 4.24. The highest BCUT2D eigenvalue weighted by molar-refractivity contribution is 5.48. The van der Waals surface area contributed by atoms with Gasteiger partial charge < -0.3 is 20.9 Å². The van der Waals surface area contributed by atoms with E-state index < -0.39 is 0 Å². The molecule has 1 unspecified atom stereocenters.